The van der Waals surface area contributed by atoms with Gasteiger partial charge in [-0.3, -0.25) is 10.1 Å². The van der Waals surface area contributed by atoms with Gasteiger partial charge >= 0.3 is 6.09 Å². The van der Waals surface area contributed by atoms with Crippen molar-refractivity contribution >= 4 is 18.1 Å². The highest BCUT2D eigenvalue weighted by Gasteiger charge is 2.08. The van der Waals surface area contributed by atoms with Crippen molar-refractivity contribution in [2.24, 2.45) is 0 Å². The molecule has 0 aliphatic rings. The minimum Gasteiger partial charge on any atom is -0.484 e. The number of carbonyl (C=O) groups is 2. The van der Waals surface area contributed by atoms with E-state index in [0.29, 0.717) is 17.7 Å². The van der Waals surface area contributed by atoms with Crippen molar-refractivity contribution in [2.45, 2.75) is 6.61 Å². The van der Waals surface area contributed by atoms with Crippen LogP contribution in [0.3, 0.4) is 0 Å². The second kappa shape index (κ2) is 7.69. The largest absolute Gasteiger partial charge is 0.484 e. The molecule has 0 spiro atoms. The summed E-state index contributed by atoms with van der Waals surface area (Å²) in [6.45, 7) is 0.113. The number of para-hydroxylation sites is 2. The molecule has 2 aromatic rings. The summed E-state index contributed by atoms with van der Waals surface area (Å²) in [7, 11) is 0. The zero-order chi connectivity index (χ0) is 14.9. The number of carbonyl (C=O) groups excluding carboxylic acids is 2. The summed E-state index contributed by atoms with van der Waals surface area (Å²) in [5.41, 5.74) is 1.36. The summed E-state index contributed by atoms with van der Waals surface area (Å²) in [4.78, 5) is 22.1. The third-order valence-corrected chi connectivity index (χ3v) is 2.64. The molecule has 21 heavy (non-hydrogen) atoms. The van der Waals surface area contributed by atoms with Crippen LogP contribution < -0.4 is 10.1 Å². The van der Waals surface area contributed by atoms with Crippen molar-refractivity contribution in [1.29, 1.82) is 0 Å². The van der Waals surface area contributed by atoms with Gasteiger partial charge in [-0.2, -0.15) is 0 Å². The Hall–Kier alpha value is -2.82. The highest BCUT2D eigenvalue weighted by molar-refractivity contribution is 5.86. The Labute approximate surface area is 122 Å². The molecule has 0 saturated carbocycles. The van der Waals surface area contributed by atoms with Gasteiger partial charge in [-0.1, -0.05) is 42.5 Å². The van der Waals surface area contributed by atoms with Crippen LogP contribution in [-0.2, 0) is 16.1 Å². The molecular weight excluding hydrogens is 270 g/mol. The molecule has 0 aromatic heterocycles. The number of anilines is 1. The van der Waals surface area contributed by atoms with Gasteiger partial charge < -0.3 is 9.47 Å². The molecule has 0 unspecified atom stereocenters. The average molecular weight is 285 g/mol. The van der Waals surface area contributed by atoms with Gasteiger partial charge in [0.2, 0.25) is 0 Å². The topological polar surface area (TPSA) is 64.6 Å². The number of hydrogen-bond donors (Lipinski definition) is 1. The summed E-state index contributed by atoms with van der Waals surface area (Å²) in [5, 5.41) is 2.59. The molecule has 0 saturated heterocycles. The molecule has 5 nitrogen and oxygen atoms in total. The van der Waals surface area contributed by atoms with Crippen LogP contribution in [-0.4, -0.2) is 19.0 Å². The lowest BCUT2D eigenvalue weighted by atomic mass is 10.2. The molecule has 108 valence electrons. The molecule has 0 atom stereocenters. The molecule has 2 rings (SSSR count). The smallest absolute Gasteiger partial charge is 0.412 e. The highest BCUT2D eigenvalue weighted by atomic mass is 16.5. The summed E-state index contributed by atoms with van der Waals surface area (Å²) in [6.07, 6.45) is 0.0610. The fraction of sp³-hybridized carbons (Fsp3) is 0.125. The molecule has 0 fully saturated rings. The van der Waals surface area contributed by atoms with E-state index in [4.69, 9.17) is 9.47 Å². The molecule has 1 amide bonds. The zero-order valence-corrected chi connectivity index (χ0v) is 11.3. The predicted octanol–water partition coefficient (Wildman–Crippen LogP) is 3.01. The van der Waals surface area contributed by atoms with Crippen molar-refractivity contribution in [1.82, 2.24) is 0 Å². The Bertz CT molecular complexity index is 598. The average Bonchev–Trinajstić information content (AvgIpc) is 2.53. The van der Waals surface area contributed by atoms with Gasteiger partial charge in [0.1, 0.15) is 19.0 Å². The van der Waals surface area contributed by atoms with Crippen LogP contribution in [0.1, 0.15) is 5.56 Å². The minimum atomic E-state index is -0.582. The summed E-state index contributed by atoms with van der Waals surface area (Å²) < 4.78 is 10.3. The van der Waals surface area contributed by atoms with Crippen molar-refractivity contribution < 1.29 is 19.1 Å². The van der Waals surface area contributed by atoms with Crippen LogP contribution in [0.15, 0.2) is 54.6 Å². The van der Waals surface area contributed by atoms with Crippen molar-refractivity contribution in [3.8, 4) is 5.75 Å². The monoisotopic (exact) mass is 285 g/mol. The third kappa shape index (κ3) is 4.65. The van der Waals surface area contributed by atoms with Gasteiger partial charge in [0, 0.05) is 0 Å². The van der Waals surface area contributed by atoms with Gasteiger partial charge in [-0.05, 0) is 17.7 Å². The highest BCUT2D eigenvalue weighted by Crippen LogP contribution is 2.23. The van der Waals surface area contributed by atoms with E-state index in [9.17, 15) is 9.59 Å². The molecule has 2 aromatic carbocycles. The second-order valence-electron chi connectivity index (χ2n) is 4.16. The van der Waals surface area contributed by atoms with Crippen molar-refractivity contribution in [3.05, 3.63) is 60.2 Å². The number of aldehydes is 1. The fourth-order valence-electron chi connectivity index (χ4n) is 1.69. The zero-order valence-electron chi connectivity index (χ0n) is 11.3. The quantitative estimate of drug-likeness (QED) is 0.829. The first kappa shape index (κ1) is 14.6. The van der Waals surface area contributed by atoms with Gasteiger partial charge in [0.25, 0.3) is 0 Å². The molecular formula is C16H15NO4. The third-order valence-electron chi connectivity index (χ3n) is 2.64. The standard InChI is InChI=1S/C16H15NO4/c18-10-11-20-15-9-5-4-8-14(15)17-16(19)21-12-13-6-2-1-3-7-13/h1-10H,11-12H2,(H,17,19). The van der Waals surface area contributed by atoms with E-state index in [1.165, 1.54) is 0 Å². The number of benzene rings is 2. The Morgan fingerprint density at radius 1 is 1.05 bits per heavy atom. The van der Waals surface area contributed by atoms with Crippen molar-refractivity contribution in [2.75, 3.05) is 11.9 Å². The van der Waals surface area contributed by atoms with Crippen LogP contribution in [0.25, 0.3) is 0 Å². The van der Waals surface area contributed by atoms with Gasteiger partial charge in [-0.15, -0.1) is 0 Å². The van der Waals surface area contributed by atoms with Gasteiger partial charge in [0.05, 0.1) is 5.69 Å². The van der Waals surface area contributed by atoms with E-state index in [-0.39, 0.29) is 13.2 Å². The number of hydrogen-bond acceptors (Lipinski definition) is 4. The van der Waals surface area contributed by atoms with Gasteiger partial charge in [0.15, 0.2) is 6.29 Å². The number of ether oxygens (including phenoxy) is 2. The lowest BCUT2D eigenvalue weighted by molar-refractivity contribution is -0.109. The van der Waals surface area contributed by atoms with E-state index in [1.54, 1.807) is 24.3 Å². The summed E-state index contributed by atoms with van der Waals surface area (Å²) in [5.74, 6) is 0.418. The van der Waals surface area contributed by atoms with E-state index in [2.05, 4.69) is 5.32 Å². The molecule has 0 bridgehead atoms. The summed E-state index contributed by atoms with van der Waals surface area (Å²) in [6, 6.07) is 16.2. The Morgan fingerprint density at radius 2 is 1.76 bits per heavy atom. The Balaban J connectivity index is 1.91. The van der Waals surface area contributed by atoms with Crippen LogP contribution in [0.2, 0.25) is 0 Å². The second-order valence-corrected chi connectivity index (χ2v) is 4.16. The Morgan fingerprint density at radius 3 is 2.52 bits per heavy atom. The lowest BCUT2D eigenvalue weighted by Crippen LogP contribution is -2.14. The van der Waals surface area contributed by atoms with E-state index < -0.39 is 6.09 Å². The van der Waals surface area contributed by atoms with E-state index in [0.717, 1.165) is 5.56 Å². The van der Waals surface area contributed by atoms with Crippen LogP contribution in [0, 0.1) is 0 Å². The molecule has 0 aliphatic carbocycles. The maximum atomic E-state index is 11.8. The molecule has 1 N–H and O–H groups in total. The first-order chi connectivity index (χ1) is 10.3. The molecule has 0 aliphatic heterocycles. The van der Waals surface area contributed by atoms with Gasteiger partial charge in [-0.25, -0.2) is 4.79 Å². The number of amides is 1. The minimum absolute atomic E-state index is 0.0717. The van der Waals surface area contributed by atoms with E-state index >= 15 is 0 Å². The fourth-order valence-corrected chi connectivity index (χ4v) is 1.69. The maximum Gasteiger partial charge on any atom is 0.412 e. The van der Waals surface area contributed by atoms with E-state index in [1.807, 2.05) is 30.3 Å². The van der Waals surface area contributed by atoms with Crippen LogP contribution in [0.5, 0.6) is 5.75 Å². The molecule has 0 radical (unpaired) electrons. The SMILES string of the molecule is O=CCOc1ccccc1NC(=O)OCc1ccccc1. The van der Waals surface area contributed by atoms with Crippen LogP contribution in [0.4, 0.5) is 10.5 Å². The van der Waals surface area contributed by atoms with Crippen LogP contribution >= 0.6 is 0 Å². The normalized spacial score (nSPS) is 9.71. The lowest BCUT2D eigenvalue weighted by Gasteiger charge is -2.11. The first-order valence-corrected chi connectivity index (χ1v) is 6.43. The number of rotatable bonds is 6. The number of nitrogens with one attached hydrogen (secondary N) is 1. The first-order valence-electron chi connectivity index (χ1n) is 6.43. The Kier molecular flexibility index (Phi) is 5.34. The molecule has 0 heterocycles. The maximum absolute atomic E-state index is 11.8. The van der Waals surface area contributed by atoms with Crippen molar-refractivity contribution in [3.63, 3.8) is 0 Å². The predicted molar refractivity (Wildman–Crippen MR) is 78.3 cm³/mol. The summed E-state index contributed by atoms with van der Waals surface area (Å²) >= 11 is 0. The molecule has 5 heteroatoms.